The van der Waals surface area contributed by atoms with Crippen molar-refractivity contribution in [2.75, 3.05) is 39.8 Å². The van der Waals surface area contributed by atoms with Crippen molar-refractivity contribution in [2.24, 2.45) is 0 Å². The van der Waals surface area contributed by atoms with Crippen LogP contribution in [0, 0.1) is 0 Å². The van der Waals surface area contributed by atoms with Crippen LogP contribution in [0.25, 0.3) is 0 Å². The van der Waals surface area contributed by atoms with Crippen LogP contribution in [0.15, 0.2) is 59.5 Å². The Labute approximate surface area is 184 Å². The standard InChI is InChI=1S/C23H29N3O4S/c1-30-20-9-5-10-21(17-20)31(28,29)26-13-6-12-24(15-16-26)22-11-14-25(23(22)27)18-19-7-3-2-4-8-19/h2-5,7-10,17,22H,6,11-16,18H2,1H3/t22-/m1/s1. The molecule has 4 rings (SSSR count). The van der Waals surface area contributed by atoms with Crippen molar-refractivity contribution in [3.8, 4) is 5.75 Å². The maximum absolute atomic E-state index is 13.1. The SMILES string of the molecule is COc1cccc(S(=O)(=O)N2CCCN([C@@H]3CCN(Cc4ccccc4)C3=O)CC2)c1. The van der Waals surface area contributed by atoms with Gasteiger partial charge in [0.05, 0.1) is 18.0 Å². The van der Waals surface area contributed by atoms with Gasteiger partial charge in [-0.3, -0.25) is 9.69 Å². The summed E-state index contributed by atoms with van der Waals surface area (Å²) in [4.78, 5) is 17.3. The molecule has 0 aromatic heterocycles. The molecule has 0 aliphatic carbocycles. The van der Waals surface area contributed by atoms with Gasteiger partial charge in [0.1, 0.15) is 5.75 Å². The average molecular weight is 444 g/mol. The summed E-state index contributed by atoms with van der Waals surface area (Å²) in [5, 5.41) is 0. The minimum Gasteiger partial charge on any atom is -0.497 e. The molecule has 2 aromatic carbocycles. The van der Waals surface area contributed by atoms with E-state index in [1.54, 1.807) is 24.3 Å². The number of amides is 1. The lowest BCUT2D eigenvalue weighted by Gasteiger charge is -2.26. The van der Waals surface area contributed by atoms with E-state index in [-0.39, 0.29) is 16.8 Å². The van der Waals surface area contributed by atoms with Crippen molar-refractivity contribution in [3.05, 3.63) is 60.2 Å². The predicted octanol–water partition coefficient (Wildman–Crippen LogP) is 2.19. The minimum atomic E-state index is -3.60. The van der Waals surface area contributed by atoms with Crippen molar-refractivity contribution in [1.29, 1.82) is 0 Å². The number of methoxy groups -OCH3 is 1. The topological polar surface area (TPSA) is 70.2 Å². The predicted molar refractivity (Wildman–Crippen MR) is 118 cm³/mol. The number of nitrogens with zero attached hydrogens (tertiary/aromatic N) is 3. The van der Waals surface area contributed by atoms with Gasteiger partial charge < -0.3 is 9.64 Å². The van der Waals surface area contributed by atoms with E-state index in [9.17, 15) is 13.2 Å². The first-order valence-corrected chi connectivity index (χ1v) is 12.1. The number of ether oxygens (including phenoxy) is 1. The second-order valence-electron chi connectivity index (χ2n) is 8.02. The molecular weight excluding hydrogens is 414 g/mol. The lowest BCUT2D eigenvalue weighted by Crippen LogP contribution is -2.44. The summed E-state index contributed by atoms with van der Waals surface area (Å²) in [7, 11) is -2.08. The molecule has 1 atom stereocenters. The summed E-state index contributed by atoms with van der Waals surface area (Å²) in [6.45, 7) is 3.46. The van der Waals surface area contributed by atoms with Gasteiger partial charge in [-0.05, 0) is 30.5 Å². The second-order valence-corrected chi connectivity index (χ2v) is 9.96. The Hall–Kier alpha value is -2.42. The van der Waals surface area contributed by atoms with Gasteiger partial charge in [0.2, 0.25) is 15.9 Å². The Balaban J connectivity index is 1.40. The van der Waals surface area contributed by atoms with Crippen LogP contribution in [-0.2, 0) is 21.4 Å². The fourth-order valence-electron chi connectivity index (χ4n) is 4.40. The number of sulfonamides is 1. The fourth-order valence-corrected chi connectivity index (χ4v) is 5.90. The maximum Gasteiger partial charge on any atom is 0.243 e. The van der Waals surface area contributed by atoms with Gasteiger partial charge in [0.25, 0.3) is 0 Å². The zero-order chi connectivity index (χ0) is 21.8. The van der Waals surface area contributed by atoms with E-state index in [0.717, 1.165) is 25.1 Å². The van der Waals surface area contributed by atoms with E-state index in [1.165, 1.54) is 11.4 Å². The first-order chi connectivity index (χ1) is 15.0. The summed E-state index contributed by atoms with van der Waals surface area (Å²) in [6, 6.07) is 16.4. The van der Waals surface area contributed by atoms with Crippen molar-refractivity contribution in [2.45, 2.75) is 30.3 Å². The summed E-state index contributed by atoms with van der Waals surface area (Å²) in [5.74, 6) is 0.667. The highest BCUT2D eigenvalue weighted by Gasteiger charge is 2.37. The summed E-state index contributed by atoms with van der Waals surface area (Å²) < 4.78 is 33.0. The van der Waals surface area contributed by atoms with E-state index < -0.39 is 10.0 Å². The Kier molecular flexibility index (Phi) is 6.60. The number of hydrogen-bond donors (Lipinski definition) is 0. The Bertz CT molecular complexity index is 1010. The number of carbonyl (C=O) groups excluding carboxylic acids is 1. The van der Waals surface area contributed by atoms with Crippen LogP contribution < -0.4 is 4.74 Å². The van der Waals surface area contributed by atoms with Crippen LogP contribution in [0.4, 0.5) is 0 Å². The molecule has 166 valence electrons. The van der Waals surface area contributed by atoms with E-state index >= 15 is 0 Å². The number of carbonyl (C=O) groups is 1. The molecule has 0 bridgehead atoms. The van der Waals surface area contributed by atoms with Crippen molar-refractivity contribution in [3.63, 3.8) is 0 Å². The molecule has 0 unspecified atom stereocenters. The molecule has 2 aliphatic rings. The summed E-state index contributed by atoms with van der Waals surface area (Å²) >= 11 is 0. The van der Waals surface area contributed by atoms with Crippen LogP contribution in [0.1, 0.15) is 18.4 Å². The van der Waals surface area contributed by atoms with Crippen LogP contribution >= 0.6 is 0 Å². The van der Waals surface area contributed by atoms with Gasteiger partial charge >= 0.3 is 0 Å². The Morgan fingerprint density at radius 1 is 0.968 bits per heavy atom. The van der Waals surface area contributed by atoms with Gasteiger partial charge in [0.15, 0.2) is 0 Å². The summed E-state index contributed by atoms with van der Waals surface area (Å²) in [5.41, 5.74) is 1.13. The van der Waals surface area contributed by atoms with Crippen molar-refractivity contribution in [1.82, 2.24) is 14.1 Å². The van der Waals surface area contributed by atoms with Crippen molar-refractivity contribution < 1.29 is 17.9 Å². The molecule has 0 spiro atoms. The van der Waals surface area contributed by atoms with Crippen LogP contribution in [0.5, 0.6) is 5.75 Å². The molecular formula is C23H29N3O4S. The normalized spacial score (nSPS) is 21.3. The molecule has 2 saturated heterocycles. The first kappa shape index (κ1) is 21.8. The fraction of sp³-hybridized carbons (Fsp3) is 0.435. The van der Waals surface area contributed by atoms with E-state index in [4.69, 9.17) is 4.74 Å². The number of rotatable bonds is 6. The molecule has 1 amide bonds. The molecule has 2 fully saturated rings. The monoisotopic (exact) mass is 443 g/mol. The van der Waals surface area contributed by atoms with Gasteiger partial charge in [-0.25, -0.2) is 8.42 Å². The minimum absolute atomic E-state index is 0.146. The number of hydrogen-bond acceptors (Lipinski definition) is 5. The lowest BCUT2D eigenvalue weighted by molar-refractivity contribution is -0.132. The largest absolute Gasteiger partial charge is 0.497 e. The average Bonchev–Trinajstić information content (AvgIpc) is 2.99. The lowest BCUT2D eigenvalue weighted by atomic mass is 10.2. The highest BCUT2D eigenvalue weighted by Crippen LogP contribution is 2.24. The van der Waals surface area contributed by atoms with E-state index in [2.05, 4.69) is 4.90 Å². The molecule has 0 radical (unpaired) electrons. The van der Waals surface area contributed by atoms with Gasteiger partial charge in [-0.2, -0.15) is 4.31 Å². The highest BCUT2D eigenvalue weighted by molar-refractivity contribution is 7.89. The van der Waals surface area contributed by atoms with E-state index in [0.29, 0.717) is 38.3 Å². The Morgan fingerprint density at radius 3 is 2.55 bits per heavy atom. The zero-order valence-corrected chi connectivity index (χ0v) is 18.6. The van der Waals surface area contributed by atoms with Crippen molar-refractivity contribution >= 4 is 15.9 Å². The second kappa shape index (κ2) is 9.38. The zero-order valence-electron chi connectivity index (χ0n) is 17.8. The van der Waals surface area contributed by atoms with Gasteiger partial charge in [-0.15, -0.1) is 0 Å². The van der Waals surface area contributed by atoms with E-state index in [1.807, 2.05) is 35.2 Å². The molecule has 8 heteroatoms. The third-order valence-electron chi connectivity index (χ3n) is 6.09. The Morgan fingerprint density at radius 2 is 1.77 bits per heavy atom. The molecule has 0 N–H and O–H groups in total. The van der Waals surface area contributed by atoms with Gasteiger partial charge in [0, 0.05) is 45.3 Å². The summed E-state index contributed by atoms with van der Waals surface area (Å²) in [6.07, 6.45) is 1.49. The molecule has 2 aromatic rings. The molecule has 2 heterocycles. The smallest absolute Gasteiger partial charge is 0.243 e. The maximum atomic E-state index is 13.1. The molecule has 7 nitrogen and oxygen atoms in total. The first-order valence-electron chi connectivity index (χ1n) is 10.7. The molecule has 0 saturated carbocycles. The van der Waals surface area contributed by atoms with Crippen LogP contribution in [0.3, 0.4) is 0 Å². The van der Waals surface area contributed by atoms with Crippen LogP contribution in [-0.4, -0.2) is 74.3 Å². The third kappa shape index (κ3) is 4.76. The third-order valence-corrected chi connectivity index (χ3v) is 7.99. The number of benzene rings is 2. The van der Waals surface area contributed by atoms with Gasteiger partial charge in [-0.1, -0.05) is 36.4 Å². The molecule has 2 aliphatic heterocycles. The quantitative estimate of drug-likeness (QED) is 0.685. The van der Waals surface area contributed by atoms with Crippen LogP contribution in [0.2, 0.25) is 0 Å². The molecule has 31 heavy (non-hydrogen) atoms. The highest BCUT2D eigenvalue weighted by atomic mass is 32.2. The number of likely N-dealkylation sites (tertiary alicyclic amines) is 1.